The van der Waals surface area contributed by atoms with Gasteiger partial charge in [-0.2, -0.15) is 0 Å². The first-order chi connectivity index (χ1) is 9.20. The first kappa shape index (κ1) is 25.5. The van der Waals surface area contributed by atoms with Crippen molar-refractivity contribution in [3.05, 3.63) is 0 Å². The lowest BCUT2D eigenvalue weighted by Crippen LogP contribution is -2.43. The molecule has 0 unspecified atom stereocenters. The van der Waals surface area contributed by atoms with Gasteiger partial charge in [0.2, 0.25) is 0 Å². The van der Waals surface area contributed by atoms with E-state index >= 15 is 0 Å². The van der Waals surface area contributed by atoms with Crippen molar-refractivity contribution in [2.45, 2.75) is 0 Å². The molecule has 0 atom stereocenters. The predicted molar refractivity (Wildman–Crippen MR) is 77.0 cm³/mol. The molecule has 11 nitrogen and oxygen atoms in total. The van der Waals surface area contributed by atoms with E-state index < -0.39 is 50.1 Å². The second kappa shape index (κ2) is 13.2. The first-order valence-electron chi connectivity index (χ1n) is 5.52. The summed E-state index contributed by atoms with van der Waals surface area (Å²) in [5.74, 6) is -4.91. The number of hydrogen-bond donors (Lipinski definition) is 5. The molecule has 0 aliphatic rings. The van der Waals surface area contributed by atoms with Gasteiger partial charge in [-0.25, -0.2) is 0 Å². The van der Waals surface area contributed by atoms with Crippen LogP contribution in [0, 0.1) is 0 Å². The van der Waals surface area contributed by atoms with Crippen molar-refractivity contribution in [1.82, 2.24) is 16.0 Å². The topological polar surface area (TPSA) is 191 Å². The summed E-state index contributed by atoms with van der Waals surface area (Å²) in [6, 6.07) is 0. The van der Waals surface area contributed by atoms with Gasteiger partial charge in [0.15, 0.2) is 0 Å². The Kier molecular flexibility index (Phi) is 15.3. The molecule has 0 aromatic rings. The molecule has 12 heteroatoms. The molecule has 0 spiro atoms. The van der Waals surface area contributed by atoms with Crippen molar-refractivity contribution in [3.8, 4) is 0 Å². The van der Waals surface area contributed by atoms with Crippen molar-refractivity contribution in [3.63, 3.8) is 0 Å². The van der Waals surface area contributed by atoms with Crippen LogP contribution >= 0.6 is 0 Å². The monoisotopic (exact) mass is 335 g/mol. The molecule has 7 N–H and O–H groups in total. The summed E-state index contributed by atoms with van der Waals surface area (Å²) in [6.45, 7) is -2.25. The third-order valence-corrected chi connectivity index (χ3v) is 2.17. The van der Waals surface area contributed by atoms with E-state index in [0.29, 0.717) is 0 Å². The zero-order chi connectivity index (χ0) is 15.7. The van der Waals surface area contributed by atoms with E-state index in [0.717, 1.165) is 9.80 Å². The summed E-state index contributed by atoms with van der Waals surface area (Å²) in [6.07, 6.45) is 0. The normalized spacial score (nSPS) is 9.73. The van der Waals surface area contributed by atoms with E-state index in [4.69, 9.17) is 20.4 Å². The minimum Gasteiger partial charge on any atom is -0.480 e. The number of hydrogen-bond acceptors (Lipinski definition) is 7. The standard InChI is InChI=1S/C10H16N2O8.Mg.H3N.2H/c13-7(14)3-11(4-8(15)16)1-2-12(5-9(17)18)6-10(19)20;;;;/h1-6H2,(H,13,14)(H,15,16)(H,17,18)(H,19,20);;1H3;;. The maximum Gasteiger partial charge on any atom is 0.317 e. The highest BCUT2D eigenvalue weighted by atomic mass is 24.3. The largest absolute Gasteiger partial charge is 0.480 e. The molecule has 0 fully saturated rings. The molecule has 0 aliphatic carbocycles. The Morgan fingerprint density at radius 1 is 0.591 bits per heavy atom. The summed E-state index contributed by atoms with van der Waals surface area (Å²) in [5.41, 5.74) is 0. The van der Waals surface area contributed by atoms with Gasteiger partial charge >= 0.3 is 46.9 Å². The van der Waals surface area contributed by atoms with E-state index in [1.165, 1.54) is 0 Å². The molecule has 0 aliphatic heterocycles. The smallest absolute Gasteiger partial charge is 0.317 e. The maximum atomic E-state index is 10.6. The average molecular weight is 336 g/mol. The van der Waals surface area contributed by atoms with Crippen LogP contribution in [0.25, 0.3) is 0 Å². The van der Waals surface area contributed by atoms with Gasteiger partial charge in [0.25, 0.3) is 0 Å². The lowest BCUT2D eigenvalue weighted by Gasteiger charge is -2.23. The van der Waals surface area contributed by atoms with E-state index in [1.807, 2.05) is 0 Å². The predicted octanol–water partition coefficient (Wildman–Crippen LogP) is -2.83. The molecular formula is C10H21MgN3O8. The summed E-state index contributed by atoms with van der Waals surface area (Å²) in [5, 5.41) is 34.5. The Labute approximate surface area is 142 Å². The van der Waals surface area contributed by atoms with Gasteiger partial charge in [0, 0.05) is 13.1 Å². The van der Waals surface area contributed by atoms with Crippen molar-refractivity contribution >= 4 is 46.9 Å². The molecular weight excluding hydrogens is 314 g/mol. The third kappa shape index (κ3) is 14.9. The number of aliphatic carboxylic acids is 4. The fourth-order valence-electron chi connectivity index (χ4n) is 1.48. The summed E-state index contributed by atoms with van der Waals surface area (Å²) < 4.78 is 0. The van der Waals surface area contributed by atoms with E-state index in [1.54, 1.807) is 0 Å². The molecule has 0 aromatic carbocycles. The Morgan fingerprint density at radius 2 is 0.773 bits per heavy atom. The van der Waals surface area contributed by atoms with Crippen LogP contribution in [0.2, 0.25) is 0 Å². The van der Waals surface area contributed by atoms with Crippen molar-refractivity contribution in [2.24, 2.45) is 0 Å². The van der Waals surface area contributed by atoms with Gasteiger partial charge in [-0.1, -0.05) is 0 Å². The zero-order valence-corrected chi connectivity index (χ0v) is 11.3. The summed E-state index contributed by atoms with van der Waals surface area (Å²) in [4.78, 5) is 44.4. The third-order valence-electron chi connectivity index (χ3n) is 2.17. The van der Waals surface area contributed by atoms with Crippen LogP contribution in [0.1, 0.15) is 0 Å². The van der Waals surface area contributed by atoms with Crippen LogP contribution in [0.15, 0.2) is 0 Å². The van der Waals surface area contributed by atoms with Crippen molar-refractivity contribution in [2.75, 3.05) is 39.3 Å². The van der Waals surface area contributed by atoms with Gasteiger partial charge in [-0.3, -0.25) is 29.0 Å². The highest BCUT2D eigenvalue weighted by molar-refractivity contribution is 5.75. The minimum atomic E-state index is -1.23. The number of carboxylic acids is 4. The van der Waals surface area contributed by atoms with Gasteiger partial charge < -0.3 is 26.6 Å². The van der Waals surface area contributed by atoms with E-state index in [-0.39, 0.29) is 42.3 Å². The number of carboxylic acid groups (broad SMARTS) is 4. The molecule has 126 valence electrons. The highest BCUT2D eigenvalue weighted by Gasteiger charge is 2.17. The number of nitrogens with zero attached hydrogens (tertiary/aromatic N) is 2. The highest BCUT2D eigenvalue weighted by Crippen LogP contribution is 1.94. The quantitative estimate of drug-likeness (QED) is 0.244. The van der Waals surface area contributed by atoms with E-state index in [9.17, 15) is 19.2 Å². The number of rotatable bonds is 11. The van der Waals surface area contributed by atoms with Gasteiger partial charge in [0.1, 0.15) is 0 Å². The molecule has 0 radical (unpaired) electrons. The Hall–Kier alpha value is -1.47. The van der Waals surface area contributed by atoms with Crippen molar-refractivity contribution < 1.29 is 39.6 Å². The molecule has 0 rings (SSSR count). The Balaban J connectivity index is -0.00000180. The zero-order valence-electron chi connectivity index (χ0n) is 11.3. The van der Waals surface area contributed by atoms with Crippen LogP contribution < -0.4 is 6.15 Å². The van der Waals surface area contributed by atoms with Crippen LogP contribution in [-0.2, 0) is 19.2 Å². The SMILES string of the molecule is N.O=C(O)CN(CCN(CC(=O)O)CC(=O)O)CC(=O)O.[MgH2]. The lowest BCUT2D eigenvalue weighted by molar-refractivity contribution is -0.145. The average Bonchev–Trinajstić information content (AvgIpc) is 2.22. The van der Waals surface area contributed by atoms with Gasteiger partial charge in [-0.05, 0) is 0 Å². The van der Waals surface area contributed by atoms with Gasteiger partial charge in [-0.15, -0.1) is 0 Å². The Bertz CT molecular complexity index is 324. The fourth-order valence-corrected chi connectivity index (χ4v) is 1.48. The molecule has 0 saturated carbocycles. The summed E-state index contributed by atoms with van der Waals surface area (Å²) >= 11 is 0. The number of carbonyl (C=O) groups is 4. The maximum absolute atomic E-state index is 10.6. The van der Waals surface area contributed by atoms with Crippen LogP contribution in [-0.4, -0.2) is 116 Å². The molecule has 0 heterocycles. The van der Waals surface area contributed by atoms with Crippen molar-refractivity contribution in [1.29, 1.82) is 0 Å². The fraction of sp³-hybridized carbons (Fsp3) is 0.600. The minimum absolute atomic E-state index is 0. The first-order valence-corrected chi connectivity index (χ1v) is 5.52. The molecule has 0 saturated heterocycles. The Morgan fingerprint density at radius 3 is 0.909 bits per heavy atom. The second-order valence-electron chi connectivity index (χ2n) is 4.00. The molecule has 0 aromatic heterocycles. The molecule has 22 heavy (non-hydrogen) atoms. The van der Waals surface area contributed by atoms with E-state index in [2.05, 4.69) is 0 Å². The second-order valence-corrected chi connectivity index (χ2v) is 4.00. The van der Waals surface area contributed by atoms with Crippen LogP contribution in [0.3, 0.4) is 0 Å². The summed E-state index contributed by atoms with van der Waals surface area (Å²) in [7, 11) is 0. The van der Waals surface area contributed by atoms with Crippen LogP contribution in [0.4, 0.5) is 0 Å². The molecule has 0 bridgehead atoms. The molecule has 0 amide bonds. The van der Waals surface area contributed by atoms with Crippen LogP contribution in [0.5, 0.6) is 0 Å². The lowest BCUT2D eigenvalue weighted by atomic mass is 10.4. The van der Waals surface area contributed by atoms with Gasteiger partial charge in [0.05, 0.1) is 26.2 Å².